The number of halogens is 1. The summed E-state index contributed by atoms with van der Waals surface area (Å²) in [6.45, 7) is 1.84. The maximum absolute atomic E-state index is 12.9. The fourth-order valence-electron chi connectivity index (χ4n) is 1.73. The highest BCUT2D eigenvalue weighted by Crippen LogP contribution is 2.25. The third-order valence-corrected chi connectivity index (χ3v) is 4.90. The van der Waals surface area contributed by atoms with Crippen LogP contribution in [0.3, 0.4) is 0 Å². The third-order valence-electron chi connectivity index (χ3n) is 3.10. The van der Waals surface area contributed by atoms with Gasteiger partial charge in [-0.1, -0.05) is 6.07 Å². The summed E-state index contributed by atoms with van der Waals surface area (Å²) in [6.07, 6.45) is 0. The van der Waals surface area contributed by atoms with Crippen LogP contribution < -0.4 is 10.0 Å². The van der Waals surface area contributed by atoms with Crippen LogP contribution >= 0.6 is 0 Å². The number of hydrogen-bond donors (Lipinski definition) is 1. The number of sulfonamides is 1. The molecule has 0 unspecified atom stereocenters. The second-order valence-corrected chi connectivity index (χ2v) is 6.44. The summed E-state index contributed by atoms with van der Waals surface area (Å²) >= 11 is 0. The number of nitrogens with zero attached hydrogens (tertiary/aromatic N) is 1. The van der Waals surface area contributed by atoms with Crippen LogP contribution in [0.1, 0.15) is 5.56 Å². The quantitative estimate of drug-likeness (QED) is 0.885. The van der Waals surface area contributed by atoms with Crippen molar-refractivity contribution < 1.29 is 12.8 Å². The molecule has 0 radical (unpaired) electrons. The Bertz CT molecular complexity index is 727. The maximum atomic E-state index is 12.9. The van der Waals surface area contributed by atoms with Gasteiger partial charge in [0.1, 0.15) is 5.82 Å². The summed E-state index contributed by atoms with van der Waals surface area (Å²) in [4.78, 5) is 0.0283. The topological polar surface area (TPSA) is 63.4 Å². The molecule has 0 atom stereocenters. The van der Waals surface area contributed by atoms with Crippen LogP contribution in [0, 0.1) is 12.7 Å². The van der Waals surface area contributed by atoms with Gasteiger partial charge in [0.25, 0.3) is 10.0 Å². The first kappa shape index (κ1) is 14.3. The summed E-state index contributed by atoms with van der Waals surface area (Å²) in [5.74, 6) is -0.480. The largest absolute Gasteiger partial charge is 0.398 e. The minimum atomic E-state index is -3.73. The van der Waals surface area contributed by atoms with Crippen LogP contribution in [-0.2, 0) is 10.0 Å². The average Bonchev–Trinajstić information content (AvgIpc) is 2.41. The summed E-state index contributed by atoms with van der Waals surface area (Å²) in [7, 11) is -2.29. The van der Waals surface area contributed by atoms with Crippen molar-refractivity contribution in [2.45, 2.75) is 11.8 Å². The number of nitrogen functional groups attached to an aromatic ring is 1. The van der Waals surface area contributed by atoms with Gasteiger partial charge >= 0.3 is 0 Å². The van der Waals surface area contributed by atoms with E-state index >= 15 is 0 Å². The first-order valence-electron chi connectivity index (χ1n) is 5.93. The SMILES string of the molecule is Cc1ccc(N(C)S(=O)(=O)c2ccc(F)cc2)cc1N. The molecule has 4 nitrogen and oxygen atoms in total. The molecule has 6 heteroatoms. The Morgan fingerprint density at radius 2 is 1.70 bits per heavy atom. The zero-order chi connectivity index (χ0) is 14.9. The van der Waals surface area contributed by atoms with Gasteiger partial charge in [0.05, 0.1) is 10.6 Å². The van der Waals surface area contributed by atoms with E-state index in [1.165, 1.54) is 19.2 Å². The van der Waals surface area contributed by atoms with E-state index in [1.54, 1.807) is 18.2 Å². The van der Waals surface area contributed by atoms with E-state index in [1.807, 2.05) is 6.92 Å². The van der Waals surface area contributed by atoms with Crippen LogP contribution in [0.2, 0.25) is 0 Å². The van der Waals surface area contributed by atoms with Gasteiger partial charge in [-0.3, -0.25) is 4.31 Å². The maximum Gasteiger partial charge on any atom is 0.264 e. The molecule has 2 aromatic carbocycles. The Hall–Kier alpha value is -2.08. The third kappa shape index (κ3) is 2.60. The van der Waals surface area contributed by atoms with Crippen LogP contribution in [0.4, 0.5) is 15.8 Å². The predicted octanol–water partition coefficient (Wildman–Crippen LogP) is 2.54. The summed E-state index contributed by atoms with van der Waals surface area (Å²) in [5.41, 5.74) is 7.64. The molecule has 20 heavy (non-hydrogen) atoms. The number of hydrogen-bond acceptors (Lipinski definition) is 3. The predicted molar refractivity (Wildman–Crippen MR) is 77.6 cm³/mol. The van der Waals surface area contributed by atoms with Crippen molar-refractivity contribution in [1.82, 2.24) is 0 Å². The van der Waals surface area contributed by atoms with Crippen LogP contribution in [0.25, 0.3) is 0 Å². The molecule has 0 heterocycles. The molecule has 0 fully saturated rings. The number of nitrogens with two attached hydrogens (primary N) is 1. The lowest BCUT2D eigenvalue weighted by atomic mass is 10.2. The normalized spacial score (nSPS) is 11.3. The van der Waals surface area contributed by atoms with Crippen molar-refractivity contribution in [3.63, 3.8) is 0 Å². The highest BCUT2D eigenvalue weighted by molar-refractivity contribution is 7.92. The van der Waals surface area contributed by atoms with Gasteiger partial charge in [0.15, 0.2) is 0 Å². The van der Waals surface area contributed by atoms with Gasteiger partial charge < -0.3 is 5.73 Å². The summed E-state index contributed by atoms with van der Waals surface area (Å²) in [5, 5.41) is 0. The Morgan fingerprint density at radius 3 is 2.25 bits per heavy atom. The number of rotatable bonds is 3. The lowest BCUT2D eigenvalue weighted by Gasteiger charge is -2.20. The zero-order valence-electron chi connectivity index (χ0n) is 11.2. The molecular weight excluding hydrogens is 279 g/mol. The van der Waals surface area contributed by atoms with Gasteiger partial charge in [-0.25, -0.2) is 12.8 Å². The smallest absolute Gasteiger partial charge is 0.264 e. The van der Waals surface area contributed by atoms with Crippen LogP contribution in [0.15, 0.2) is 47.4 Å². The van der Waals surface area contributed by atoms with E-state index in [0.29, 0.717) is 11.4 Å². The van der Waals surface area contributed by atoms with Gasteiger partial charge in [-0.05, 0) is 48.9 Å². The number of anilines is 2. The second-order valence-electron chi connectivity index (χ2n) is 4.47. The van der Waals surface area contributed by atoms with E-state index in [0.717, 1.165) is 22.0 Å². The van der Waals surface area contributed by atoms with E-state index in [9.17, 15) is 12.8 Å². The lowest BCUT2D eigenvalue weighted by molar-refractivity contribution is 0.593. The standard InChI is InChI=1S/C14H15FN2O2S/c1-10-3-6-12(9-14(10)16)17(2)20(18,19)13-7-4-11(15)5-8-13/h3-9H,16H2,1-2H3. The Kier molecular flexibility index (Phi) is 3.67. The molecule has 2 N–H and O–H groups in total. The monoisotopic (exact) mass is 294 g/mol. The second kappa shape index (κ2) is 5.13. The highest BCUT2D eigenvalue weighted by atomic mass is 32.2. The average molecular weight is 294 g/mol. The van der Waals surface area contributed by atoms with Crippen molar-refractivity contribution in [2.75, 3.05) is 17.1 Å². The van der Waals surface area contributed by atoms with E-state index < -0.39 is 15.8 Å². The van der Waals surface area contributed by atoms with Crippen molar-refractivity contribution in [2.24, 2.45) is 0 Å². The highest BCUT2D eigenvalue weighted by Gasteiger charge is 2.21. The Balaban J connectivity index is 2.42. The molecule has 0 amide bonds. The molecular formula is C14H15FN2O2S. The van der Waals surface area contributed by atoms with Crippen molar-refractivity contribution in [3.8, 4) is 0 Å². The summed E-state index contributed by atoms with van der Waals surface area (Å²) < 4.78 is 38.8. The fraction of sp³-hybridized carbons (Fsp3) is 0.143. The first-order valence-corrected chi connectivity index (χ1v) is 7.37. The molecule has 0 spiro atoms. The van der Waals surface area contributed by atoms with Gasteiger partial charge in [0, 0.05) is 12.7 Å². The molecule has 0 aliphatic carbocycles. The van der Waals surface area contributed by atoms with Crippen molar-refractivity contribution >= 4 is 21.4 Å². The number of benzene rings is 2. The first-order chi connectivity index (χ1) is 9.32. The molecule has 106 valence electrons. The van der Waals surface area contributed by atoms with Crippen LogP contribution in [0.5, 0.6) is 0 Å². The van der Waals surface area contributed by atoms with Crippen molar-refractivity contribution in [1.29, 1.82) is 0 Å². The molecule has 0 aliphatic heterocycles. The lowest BCUT2D eigenvalue weighted by Crippen LogP contribution is -2.26. The zero-order valence-corrected chi connectivity index (χ0v) is 12.0. The molecule has 0 saturated heterocycles. The Labute approximate surface area is 117 Å². The van der Waals surface area contributed by atoms with Crippen molar-refractivity contribution in [3.05, 3.63) is 53.8 Å². The van der Waals surface area contributed by atoms with E-state index in [2.05, 4.69) is 0 Å². The molecule has 0 saturated carbocycles. The molecule has 0 aliphatic rings. The Morgan fingerprint density at radius 1 is 1.10 bits per heavy atom. The molecule has 0 bridgehead atoms. The molecule has 0 aromatic heterocycles. The fourth-order valence-corrected chi connectivity index (χ4v) is 2.91. The number of aryl methyl sites for hydroxylation is 1. The minimum absolute atomic E-state index is 0.0283. The molecule has 2 rings (SSSR count). The van der Waals surface area contributed by atoms with E-state index in [4.69, 9.17) is 5.73 Å². The van der Waals surface area contributed by atoms with Crippen LogP contribution in [-0.4, -0.2) is 15.5 Å². The van der Waals surface area contributed by atoms with E-state index in [-0.39, 0.29) is 4.90 Å². The van der Waals surface area contributed by atoms with Gasteiger partial charge in [-0.15, -0.1) is 0 Å². The van der Waals surface area contributed by atoms with Gasteiger partial charge in [-0.2, -0.15) is 0 Å². The summed E-state index contributed by atoms with van der Waals surface area (Å²) in [6, 6.07) is 9.72. The molecule has 2 aromatic rings. The minimum Gasteiger partial charge on any atom is -0.398 e. The van der Waals surface area contributed by atoms with Gasteiger partial charge in [0.2, 0.25) is 0 Å².